The summed E-state index contributed by atoms with van der Waals surface area (Å²) in [6.07, 6.45) is 1.92. The molecule has 1 aromatic carbocycles. The summed E-state index contributed by atoms with van der Waals surface area (Å²) < 4.78 is 16.0. The molecule has 7 heteroatoms. The molecule has 0 spiro atoms. The van der Waals surface area contributed by atoms with Crippen LogP contribution in [0.5, 0.6) is 11.5 Å². The lowest BCUT2D eigenvalue weighted by molar-refractivity contribution is -0.139. The number of carbonyl (C=O) groups is 2. The van der Waals surface area contributed by atoms with E-state index in [1.807, 2.05) is 6.92 Å². The van der Waals surface area contributed by atoms with Gasteiger partial charge < -0.3 is 24.2 Å². The maximum absolute atomic E-state index is 12.7. The van der Waals surface area contributed by atoms with E-state index >= 15 is 0 Å². The number of carboxylic acids is 1. The van der Waals surface area contributed by atoms with Gasteiger partial charge in [-0.1, -0.05) is 0 Å². The molecule has 1 aromatic rings. The van der Waals surface area contributed by atoms with Gasteiger partial charge in [-0.15, -0.1) is 0 Å². The first-order valence-electron chi connectivity index (χ1n) is 7.98. The fraction of sp³-hybridized carbons (Fsp3) is 0.529. The van der Waals surface area contributed by atoms with Gasteiger partial charge in [-0.05, 0) is 38.0 Å². The van der Waals surface area contributed by atoms with Gasteiger partial charge >= 0.3 is 5.97 Å². The van der Waals surface area contributed by atoms with Crippen molar-refractivity contribution in [3.63, 3.8) is 0 Å². The van der Waals surface area contributed by atoms with Crippen molar-refractivity contribution < 1.29 is 28.9 Å². The molecule has 24 heavy (non-hydrogen) atoms. The van der Waals surface area contributed by atoms with Gasteiger partial charge in [-0.2, -0.15) is 0 Å². The van der Waals surface area contributed by atoms with Gasteiger partial charge in [0.2, 0.25) is 0 Å². The molecule has 1 aliphatic rings. The molecule has 1 fully saturated rings. The standard InChI is InChI=1S/C17H23NO6/c1-3-23-15-9-12(6-7-14(15)24-11-16(19)20)17(21)18-8-4-5-13(10-18)22-2/h6-7,9,13H,3-5,8,10-11H2,1-2H3,(H,19,20)/t13-/m1/s1. The number of rotatable bonds is 7. The Bertz CT molecular complexity index is 588. The molecule has 0 unspecified atom stereocenters. The van der Waals surface area contributed by atoms with E-state index in [-0.39, 0.29) is 12.0 Å². The molecule has 7 nitrogen and oxygen atoms in total. The van der Waals surface area contributed by atoms with Crippen LogP contribution in [0.15, 0.2) is 18.2 Å². The maximum atomic E-state index is 12.7. The second-order valence-corrected chi connectivity index (χ2v) is 5.53. The highest BCUT2D eigenvalue weighted by molar-refractivity contribution is 5.95. The van der Waals surface area contributed by atoms with Crippen molar-refractivity contribution in [3.05, 3.63) is 23.8 Å². The van der Waals surface area contributed by atoms with Gasteiger partial charge in [0.1, 0.15) is 0 Å². The number of amides is 1. The third-order valence-electron chi connectivity index (χ3n) is 3.84. The number of piperidine rings is 1. The lowest BCUT2D eigenvalue weighted by atomic mass is 10.1. The predicted molar refractivity (Wildman–Crippen MR) is 86.7 cm³/mol. The molecule has 2 rings (SSSR count). The zero-order chi connectivity index (χ0) is 17.5. The van der Waals surface area contributed by atoms with Crippen LogP contribution in [0.3, 0.4) is 0 Å². The second kappa shape index (κ2) is 8.54. The molecule has 0 aromatic heterocycles. The number of carboxylic acid groups (broad SMARTS) is 1. The molecule has 1 aliphatic heterocycles. The Morgan fingerprint density at radius 3 is 2.75 bits per heavy atom. The Morgan fingerprint density at radius 1 is 1.29 bits per heavy atom. The zero-order valence-electron chi connectivity index (χ0n) is 14.0. The van der Waals surface area contributed by atoms with Gasteiger partial charge in [0.15, 0.2) is 18.1 Å². The molecule has 1 amide bonds. The molecule has 0 saturated carbocycles. The molecule has 1 atom stereocenters. The number of hydrogen-bond acceptors (Lipinski definition) is 5. The first kappa shape index (κ1) is 18.1. The first-order chi connectivity index (χ1) is 11.5. The second-order valence-electron chi connectivity index (χ2n) is 5.53. The van der Waals surface area contributed by atoms with E-state index < -0.39 is 12.6 Å². The smallest absolute Gasteiger partial charge is 0.341 e. The Balaban J connectivity index is 2.15. The van der Waals surface area contributed by atoms with Crippen molar-refractivity contribution in [3.8, 4) is 11.5 Å². The molecule has 0 aliphatic carbocycles. The summed E-state index contributed by atoms with van der Waals surface area (Å²) in [5, 5.41) is 8.72. The summed E-state index contributed by atoms with van der Waals surface area (Å²) in [4.78, 5) is 25.1. The Labute approximate surface area is 141 Å². The van der Waals surface area contributed by atoms with Crippen LogP contribution in [0, 0.1) is 0 Å². The number of nitrogens with zero attached hydrogens (tertiary/aromatic N) is 1. The number of aliphatic carboxylic acids is 1. The number of benzene rings is 1. The lowest BCUT2D eigenvalue weighted by Crippen LogP contribution is -2.42. The van der Waals surface area contributed by atoms with Crippen molar-refractivity contribution in [2.75, 3.05) is 33.4 Å². The van der Waals surface area contributed by atoms with Crippen LogP contribution >= 0.6 is 0 Å². The van der Waals surface area contributed by atoms with Gasteiger partial charge in [0.05, 0.1) is 12.7 Å². The highest BCUT2D eigenvalue weighted by Gasteiger charge is 2.25. The van der Waals surface area contributed by atoms with Crippen LogP contribution in [0.1, 0.15) is 30.1 Å². The van der Waals surface area contributed by atoms with E-state index in [1.54, 1.807) is 30.2 Å². The lowest BCUT2D eigenvalue weighted by Gasteiger charge is -2.32. The highest BCUT2D eigenvalue weighted by Crippen LogP contribution is 2.29. The summed E-state index contributed by atoms with van der Waals surface area (Å²) in [5.74, 6) is -0.492. The van der Waals surface area contributed by atoms with E-state index in [2.05, 4.69) is 0 Å². The monoisotopic (exact) mass is 337 g/mol. The van der Waals surface area contributed by atoms with Crippen molar-refractivity contribution in [1.82, 2.24) is 4.90 Å². The Morgan fingerprint density at radius 2 is 2.08 bits per heavy atom. The van der Waals surface area contributed by atoms with Gasteiger partial charge in [0, 0.05) is 25.8 Å². The van der Waals surface area contributed by atoms with Gasteiger partial charge in [-0.25, -0.2) is 4.79 Å². The van der Waals surface area contributed by atoms with Crippen LogP contribution in [-0.4, -0.2) is 61.4 Å². The minimum Gasteiger partial charge on any atom is -0.490 e. The van der Waals surface area contributed by atoms with Crippen LogP contribution in [0.2, 0.25) is 0 Å². The minimum absolute atomic E-state index is 0.0623. The highest BCUT2D eigenvalue weighted by atomic mass is 16.5. The van der Waals surface area contributed by atoms with Crippen molar-refractivity contribution in [2.45, 2.75) is 25.9 Å². The SMILES string of the molecule is CCOc1cc(C(=O)N2CCC[C@@H](OC)C2)ccc1OCC(=O)O. The molecule has 0 bridgehead atoms. The quantitative estimate of drug-likeness (QED) is 0.816. The largest absolute Gasteiger partial charge is 0.490 e. The normalized spacial score (nSPS) is 17.4. The number of likely N-dealkylation sites (tertiary alicyclic amines) is 1. The average Bonchev–Trinajstić information content (AvgIpc) is 2.60. The number of ether oxygens (including phenoxy) is 3. The molecule has 132 valence electrons. The first-order valence-corrected chi connectivity index (χ1v) is 7.98. The minimum atomic E-state index is -1.07. The Hall–Kier alpha value is -2.28. The van der Waals surface area contributed by atoms with Gasteiger partial charge in [-0.3, -0.25) is 4.79 Å². The summed E-state index contributed by atoms with van der Waals surface area (Å²) in [7, 11) is 1.65. The molecule has 0 radical (unpaired) electrons. The summed E-state index contributed by atoms with van der Waals surface area (Å²) >= 11 is 0. The fourth-order valence-corrected chi connectivity index (χ4v) is 2.67. The average molecular weight is 337 g/mol. The third kappa shape index (κ3) is 4.61. The predicted octanol–water partition coefficient (Wildman–Crippen LogP) is 1.80. The molecule has 1 heterocycles. The van der Waals surface area contributed by atoms with E-state index in [9.17, 15) is 9.59 Å². The summed E-state index contributed by atoms with van der Waals surface area (Å²) in [6, 6.07) is 4.79. The Kier molecular flexibility index (Phi) is 6.43. The van der Waals surface area contributed by atoms with Crippen molar-refractivity contribution in [2.24, 2.45) is 0 Å². The number of carbonyl (C=O) groups excluding carboxylic acids is 1. The fourth-order valence-electron chi connectivity index (χ4n) is 2.67. The van der Waals surface area contributed by atoms with Crippen LogP contribution in [-0.2, 0) is 9.53 Å². The maximum Gasteiger partial charge on any atom is 0.341 e. The summed E-state index contributed by atoms with van der Waals surface area (Å²) in [5.41, 5.74) is 0.484. The molecule has 1 saturated heterocycles. The van der Waals surface area contributed by atoms with Crippen LogP contribution < -0.4 is 9.47 Å². The topological polar surface area (TPSA) is 85.3 Å². The van der Waals surface area contributed by atoms with E-state index in [1.165, 1.54) is 0 Å². The van der Waals surface area contributed by atoms with Crippen molar-refractivity contribution >= 4 is 11.9 Å². The van der Waals surface area contributed by atoms with Crippen LogP contribution in [0.4, 0.5) is 0 Å². The molecular formula is C17H23NO6. The number of methoxy groups -OCH3 is 1. The summed E-state index contributed by atoms with van der Waals surface area (Å²) in [6.45, 7) is 2.99. The van der Waals surface area contributed by atoms with E-state index in [0.29, 0.717) is 36.8 Å². The van der Waals surface area contributed by atoms with E-state index in [0.717, 1.165) is 12.8 Å². The third-order valence-corrected chi connectivity index (χ3v) is 3.84. The van der Waals surface area contributed by atoms with Crippen LogP contribution in [0.25, 0.3) is 0 Å². The molecular weight excluding hydrogens is 314 g/mol. The zero-order valence-corrected chi connectivity index (χ0v) is 14.0. The van der Waals surface area contributed by atoms with E-state index in [4.69, 9.17) is 19.3 Å². The van der Waals surface area contributed by atoms with Gasteiger partial charge in [0.25, 0.3) is 5.91 Å². The number of hydrogen-bond donors (Lipinski definition) is 1. The van der Waals surface area contributed by atoms with Crippen molar-refractivity contribution in [1.29, 1.82) is 0 Å². The molecule has 1 N–H and O–H groups in total.